The molecule has 0 saturated carbocycles. The predicted molar refractivity (Wildman–Crippen MR) is 70.0 cm³/mol. The van der Waals surface area contributed by atoms with Gasteiger partial charge >= 0.3 is 5.97 Å². The second-order valence-electron chi connectivity index (χ2n) is 4.15. The molecule has 0 aliphatic rings. The highest BCUT2D eigenvalue weighted by Crippen LogP contribution is 2.14. The van der Waals surface area contributed by atoms with E-state index in [1.54, 1.807) is 0 Å². The molecular weight excluding hydrogens is 232 g/mol. The average Bonchev–Trinajstić information content (AvgIpc) is 2.33. The third-order valence-corrected chi connectivity index (χ3v) is 2.73. The maximum atomic E-state index is 11.3. The molecule has 0 aliphatic carbocycles. The van der Waals surface area contributed by atoms with Crippen molar-refractivity contribution in [3.8, 4) is 12.3 Å². The molecule has 0 fully saturated rings. The molecule has 3 N–H and O–H groups in total. The smallest absolute Gasteiger partial charge is 0.303 e. The van der Waals surface area contributed by atoms with Gasteiger partial charge in [0.15, 0.2) is 0 Å². The lowest BCUT2D eigenvalue weighted by Crippen LogP contribution is -2.35. The number of amides is 1. The largest absolute Gasteiger partial charge is 0.481 e. The summed E-state index contributed by atoms with van der Waals surface area (Å²) in [6, 6.07) is 0. The van der Waals surface area contributed by atoms with Crippen molar-refractivity contribution >= 4 is 11.9 Å². The van der Waals surface area contributed by atoms with E-state index in [9.17, 15) is 9.59 Å². The van der Waals surface area contributed by atoms with Gasteiger partial charge in [-0.25, -0.2) is 0 Å². The summed E-state index contributed by atoms with van der Waals surface area (Å²) in [7, 11) is 0. The van der Waals surface area contributed by atoms with Crippen LogP contribution in [-0.2, 0) is 9.59 Å². The summed E-state index contributed by atoms with van der Waals surface area (Å²) < 4.78 is 0. The van der Waals surface area contributed by atoms with E-state index in [4.69, 9.17) is 11.5 Å². The minimum absolute atomic E-state index is 0.0849. The monoisotopic (exact) mass is 254 g/mol. The minimum atomic E-state index is -0.768. The highest BCUT2D eigenvalue weighted by atomic mass is 16.4. The van der Waals surface area contributed by atoms with Crippen LogP contribution < -0.4 is 10.6 Å². The highest BCUT2D eigenvalue weighted by Gasteiger charge is 2.09. The van der Waals surface area contributed by atoms with Gasteiger partial charge in [0, 0.05) is 13.0 Å². The summed E-state index contributed by atoms with van der Waals surface area (Å²) in [5, 5.41) is 14.2. The SMILES string of the molecule is C#CCNCC(=O)NCCC(CC)CCC(=O)O. The molecule has 0 aromatic heterocycles. The molecule has 0 bridgehead atoms. The van der Waals surface area contributed by atoms with Gasteiger partial charge in [0.2, 0.25) is 5.91 Å². The Morgan fingerprint density at radius 3 is 2.67 bits per heavy atom. The van der Waals surface area contributed by atoms with E-state index in [1.165, 1.54) is 0 Å². The first-order valence-electron chi connectivity index (χ1n) is 6.22. The average molecular weight is 254 g/mol. The van der Waals surface area contributed by atoms with Crippen LogP contribution in [0.2, 0.25) is 0 Å². The highest BCUT2D eigenvalue weighted by molar-refractivity contribution is 5.77. The van der Waals surface area contributed by atoms with Gasteiger partial charge in [-0.3, -0.25) is 14.9 Å². The number of hydrogen-bond acceptors (Lipinski definition) is 3. The molecule has 5 nitrogen and oxygen atoms in total. The van der Waals surface area contributed by atoms with E-state index in [-0.39, 0.29) is 18.9 Å². The second kappa shape index (κ2) is 10.6. The molecular formula is C13H22N2O3. The first-order chi connectivity index (χ1) is 8.60. The number of rotatable bonds is 10. The van der Waals surface area contributed by atoms with Crippen LogP contribution in [0.25, 0.3) is 0 Å². The molecule has 1 atom stereocenters. The zero-order valence-electron chi connectivity index (χ0n) is 10.9. The molecule has 0 aromatic carbocycles. The lowest BCUT2D eigenvalue weighted by atomic mass is 9.97. The lowest BCUT2D eigenvalue weighted by Gasteiger charge is -2.14. The molecule has 5 heteroatoms. The van der Waals surface area contributed by atoms with E-state index >= 15 is 0 Å². The Bertz CT molecular complexity index is 297. The van der Waals surface area contributed by atoms with Crippen molar-refractivity contribution in [1.29, 1.82) is 0 Å². The first-order valence-corrected chi connectivity index (χ1v) is 6.22. The Morgan fingerprint density at radius 2 is 2.11 bits per heavy atom. The first kappa shape index (κ1) is 16.5. The summed E-state index contributed by atoms with van der Waals surface area (Å²) >= 11 is 0. The van der Waals surface area contributed by atoms with Gasteiger partial charge in [-0.05, 0) is 18.8 Å². The predicted octanol–water partition coefficient (Wildman–Crippen LogP) is 0.606. The summed E-state index contributed by atoms with van der Waals surface area (Å²) in [5.41, 5.74) is 0. The van der Waals surface area contributed by atoms with E-state index in [0.717, 1.165) is 12.8 Å². The zero-order valence-corrected chi connectivity index (χ0v) is 10.9. The van der Waals surface area contributed by atoms with Crippen molar-refractivity contribution in [3.63, 3.8) is 0 Å². The van der Waals surface area contributed by atoms with E-state index in [1.807, 2.05) is 6.92 Å². The number of carboxylic acids is 1. The lowest BCUT2D eigenvalue weighted by molar-refractivity contribution is -0.137. The van der Waals surface area contributed by atoms with Crippen LogP contribution in [0, 0.1) is 18.3 Å². The molecule has 0 spiro atoms. The van der Waals surface area contributed by atoms with Crippen LogP contribution >= 0.6 is 0 Å². The van der Waals surface area contributed by atoms with Crippen molar-refractivity contribution in [2.75, 3.05) is 19.6 Å². The van der Waals surface area contributed by atoms with Crippen LogP contribution in [0.1, 0.15) is 32.6 Å². The number of nitrogens with one attached hydrogen (secondary N) is 2. The van der Waals surface area contributed by atoms with Gasteiger partial charge in [0.25, 0.3) is 0 Å². The fourth-order valence-electron chi connectivity index (χ4n) is 1.61. The molecule has 1 unspecified atom stereocenters. The number of carboxylic acid groups (broad SMARTS) is 1. The number of carbonyl (C=O) groups excluding carboxylic acids is 1. The molecule has 0 rings (SSSR count). The van der Waals surface area contributed by atoms with E-state index in [0.29, 0.717) is 25.4 Å². The van der Waals surface area contributed by atoms with Crippen LogP contribution in [0.15, 0.2) is 0 Å². The Labute approximate surface area is 108 Å². The van der Waals surface area contributed by atoms with Gasteiger partial charge < -0.3 is 10.4 Å². The molecule has 0 radical (unpaired) electrons. The quantitative estimate of drug-likeness (QED) is 0.394. The Morgan fingerprint density at radius 1 is 1.39 bits per heavy atom. The van der Waals surface area contributed by atoms with Crippen molar-refractivity contribution < 1.29 is 14.7 Å². The van der Waals surface area contributed by atoms with Gasteiger partial charge in [-0.15, -0.1) is 6.42 Å². The standard InChI is InChI=1S/C13H22N2O3/c1-3-8-14-10-12(16)15-9-7-11(4-2)5-6-13(17)18/h1,11,14H,4-10H2,2H3,(H,15,16)(H,17,18). The third-order valence-electron chi connectivity index (χ3n) is 2.73. The number of carbonyl (C=O) groups is 2. The van der Waals surface area contributed by atoms with Gasteiger partial charge in [0.05, 0.1) is 13.1 Å². The topological polar surface area (TPSA) is 78.4 Å². The van der Waals surface area contributed by atoms with Gasteiger partial charge in [-0.1, -0.05) is 19.3 Å². The van der Waals surface area contributed by atoms with Gasteiger partial charge in [-0.2, -0.15) is 0 Å². The Kier molecular flexibility index (Phi) is 9.70. The maximum Gasteiger partial charge on any atom is 0.303 e. The van der Waals surface area contributed by atoms with E-state index in [2.05, 4.69) is 16.6 Å². The summed E-state index contributed by atoms with van der Waals surface area (Å²) in [5.74, 6) is 1.88. The normalized spacial score (nSPS) is 11.6. The number of terminal acetylenes is 1. The van der Waals surface area contributed by atoms with Crippen LogP contribution in [-0.4, -0.2) is 36.6 Å². The van der Waals surface area contributed by atoms with Gasteiger partial charge in [0.1, 0.15) is 0 Å². The summed E-state index contributed by atoms with van der Waals surface area (Å²) in [6.07, 6.45) is 7.63. The van der Waals surface area contributed by atoms with Crippen LogP contribution in [0.3, 0.4) is 0 Å². The van der Waals surface area contributed by atoms with Crippen molar-refractivity contribution in [1.82, 2.24) is 10.6 Å². The number of aliphatic carboxylic acids is 1. The van der Waals surface area contributed by atoms with Crippen LogP contribution in [0.4, 0.5) is 0 Å². The van der Waals surface area contributed by atoms with Crippen molar-refractivity contribution in [3.05, 3.63) is 0 Å². The third kappa shape index (κ3) is 9.67. The zero-order chi connectivity index (χ0) is 13.8. The van der Waals surface area contributed by atoms with Crippen molar-refractivity contribution in [2.24, 2.45) is 5.92 Å². The summed E-state index contributed by atoms with van der Waals surface area (Å²) in [4.78, 5) is 21.8. The minimum Gasteiger partial charge on any atom is -0.481 e. The van der Waals surface area contributed by atoms with E-state index < -0.39 is 5.97 Å². The maximum absolute atomic E-state index is 11.3. The second-order valence-corrected chi connectivity index (χ2v) is 4.15. The fraction of sp³-hybridized carbons (Fsp3) is 0.692. The molecule has 102 valence electrons. The molecule has 0 saturated heterocycles. The summed E-state index contributed by atoms with van der Waals surface area (Å²) in [6.45, 7) is 3.21. The molecule has 0 heterocycles. The molecule has 0 aromatic rings. The molecule has 18 heavy (non-hydrogen) atoms. The number of hydrogen-bond donors (Lipinski definition) is 3. The molecule has 1 amide bonds. The molecule has 0 aliphatic heterocycles. The van der Waals surface area contributed by atoms with Crippen molar-refractivity contribution in [2.45, 2.75) is 32.6 Å². The van der Waals surface area contributed by atoms with Crippen LogP contribution in [0.5, 0.6) is 0 Å². The Balaban J connectivity index is 3.63. The fourth-order valence-corrected chi connectivity index (χ4v) is 1.61. The Hall–Kier alpha value is -1.54.